The largest absolute Gasteiger partial charge is 0.471 e. The van der Waals surface area contributed by atoms with Crippen LogP contribution in [0, 0.1) is 6.92 Å². The van der Waals surface area contributed by atoms with E-state index in [0.717, 1.165) is 12.1 Å². The highest BCUT2D eigenvalue weighted by molar-refractivity contribution is 6.06. The van der Waals surface area contributed by atoms with E-state index in [4.69, 9.17) is 4.74 Å². The topological polar surface area (TPSA) is 100 Å². The fourth-order valence-corrected chi connectivity index (χ4v) is 2.63. The van der Waals surface area contributed by atoms with Gasteiger partial charge in [-0.25, -0.2) is 9.48 Å². The standard InChI is InChI=1S/C19H18F3N5O4/c1-11-15(16(18(29)30-3)25-26(11)2)23-17(28)14-7-8-27(24-14)10-31-13-6-4-5-12(9-13)19(20,21)22/h4-9H,10H2,1-3H3,(H,23,28). The molecule has 0 radical (unpaired) electrons. The summed E-state index contributed by atoms with van der Waals surface area (Å²) in [4.78, 5) is 24.4. The number of hydrogen-bond donors (Lipinski definition) is 1. The van der Waals surface area contributed by atoms with E-state index < -0.39 is 23.6 Å². The summed E-state index contributed by atoms with van der Waals surface area (Å²) in [5.41, 5.74) is -0.163. The lowest BCUT2D eigenvalue weighted by molar-refractivity contribution is -0.137. The number of methoxy groups -OCH3 is 1. The number of nitrogens with one attached hydrogen (secondary N) is 1. The highest BCUT2D eigenvalue weighted by atomic mass is 19.4. The number of nitrogens with zero attached hydrogens (tertiary/aromatic N) is 4. The second-order valence-corrected chi connectivity index (χ2v) is 6.42. The van der Waals surface area contributed by atoms with E-state index in [1.54, 1.807) is 14.0 Å². The summed E-state index contributed by atoms with van der Waals surface area (Å²) in [5.74, 6) is -1.32. The molecule has 9 nitrogen and oxygen atoms in total. The van der Waals surface area contributed by atoms with Crippen LogP contribution in [-0.2, 0) is 24.7 Å². The highest BCUT2D eigenvalue weighted by Gasteiger charge is 2.30. The SMILES string of the molecule is COC(=O)c1nn(C)c(C)c1NC(=O)c1ccn(COc2cccc(C(F)(F)F)c2)n1. The summed E-state index contributed by atoms with van der Waals surface area (Å²) < 4.78 is 51.0. The molecular formula is C19H18F3N5O4. The number of esters is 1. The van der Waals surface area contributed by atoms with Crippen molar-refractivity contribution >= 4 is 17.6 Å². The Labute approximate surface area is 174 Å². The van der Waals surface area contributed by atoms with Crippen LogP contribution < -0.4 is 10.1 Å². The summed E-state index contributed by atoms with van der Waals surface area (Å²) >= 11 is 0. The molecule has 2 aromatic heterocycles. The molecule has 0 bridgehead atoms. The average Bonchev–Trinajstić information content (AvgIpc) is 3.32. The second-order valence-electron chi connectivity index (χ2n) is 6.42. The van der Waals surface area contributed by atoms with Gasteiger partial charge in [0, 0.05) is 13.2 Å². The Hall–Kier alpha value is -3.83. The molecule has 0 fully saturated rings. The number of anilines is 1. The zero-order chi connectivity index (χ0) is 22.8. The van der Waals surface area contributed by atoms with Crippen LogP contribution in [0.25, 0.3) is 0 Å². The average molecular weight is 437 g/mol. The molecule has 1 amide bonds. The van der Waals surface area contributed by atoms with Gasteiger partial charge in [0.15, 0.2) is 18.1 Å². The van der Waals surface area contributed by atoms with Gasteiger partial charge >= 0.3 is 12.1 Å². The molecule has 164 valence electrons. The van der Waals surface area contributed by atoms with Crippen molar-refractivity contribution in [1.29, 1.82) is 0 Å². The summed E-state index contributed by atoms with van der Waals surface area (Å²) in [7, 11) is 2.81. The molecule has 0 atom stereocenters. The van der Waals surface area contributed by atoms with E-state index in [0.29, 0.717) is 5.69 Å². The number of halogens is 3. The molecule has 0 unspecified atom stereocenters. The number of carbonyl (C=O) groups is 2. The van der Waals surface area contributed by atoms with Crippen LogP contribution in [0.4, 0.5) is 18.9 Å². The first-order chi connectivity index (χ1) is 14.6. The van der Waals surface area contributed by atoms with Crippen LogP contribution >= 0.6 is 0 Å². The Morgan fingerprint density at radius 3 is 2.61 bits per heavy atom. The molecule has 1 N–H and O–H groups in total. The van der Waals surface area contributed by atoms with Crippen molar-refractivity contribution in [2.24, 2.45) is 7.05 Å². The third-order valence-electron chi connectivity index (χ3n) is 4.35. The fourth-order valence-electron chi connectivity index (χ4n) is 2.63. The van der Waals surface area contributed by atoms with E-state index in [2.05, 4.69) is 20.3 Å². The summed E-state index contributed by atoms with van der Waals surface area (Å²) in [6.45, 7) is 1.45. The lowest BCUT2D eigenvalue weighted by Gasteiger charge is -2.10. The lowest BCUT2D eigenvalue weighted by atomic mass is 10.2. The molecule has 0 saturated carbocycles. The smallest absolute Gasteiger partial charge is 0.416 e. The van der Waals surface area contributed by atoms with Crippen LogP contribution in [0.3, 0.4) is 0 Å². The van der Waals surface area contributed by atoms with E-state index in [9.17, 15) is 22.8 Å². The normalized spacial score (nSPS) is 11.3. The van der Waals surface area contributed by atoms with Gasteiger partial charge in [0.1, 0.15) is 5.75 Å². The number of alkyl halides is 3. The molecule has 0 spiro atoms. The third-order valence-corrected chi connectivity index (χ3v) is 4.35. The molecule has 0 aliphatic rings. The van der Waals surface area contributed by atoms with E-state index >= 15 is 0 Å². The first kappa shape index (κ1) is 21.9. The van der Waals surface area contributed by atoms with Crippen LogP contribution in [0.5, 0.6) is 5.75 Å². The van der Waals surface area contributed by atoms with Gasteiger partial charge < -0.3 is 14.8 Å². The minimum atomic E-state index is -4.48. The van der Waals surface area contributed by atoms with Crippen molar-refractivity contribution < 1.29 is 32.2 Å². The third kappa shape index (κ3) is 4.85. The minimum Gasteiger partial charge on any atom is -0.471 e. The zero-order valence-electron chi connectivity index (χ0n) is 16.7. The Morgan fingerprint density at radius 2 is 1.94 bits per heavy atom. The monoisotopic (exact) mass is 437 g/mol. The Bertz CT molecular complexity index is 1120. The number of amides is 1. The molecule has 3 aromatic rings. The summed E-state index contributed by atoms with van der Waals surface area (Å²) in [6.07, 6.45) is -3.05. The first-order valence-corrected chi connectivity index (χ1v) is 8.87. The Morgan fingerprint density at radius 1 is 1.19 bits per heavy atom. The molecule has 3 rings (SSSR count). The van der Waals surface area contributed by atoms with Gasteiger partial charge in [-0.15, -0.1) is 0 Å². The molecule has 0 aliphatic heterocycles. The maximum absolute atomic E-state index is 12.8. The van der Waals surface area contributed by atoms with Crippen LogP contribution in [0.1, 0.15) is 32.2 Å². The maximum atomic E-state index is 12.8. The maximum Gasteiger partial charge on any atom is 0.416 e. The molecule has 1 aromatic carbocycles. The van der Waals surface area contributed by atoms with Crippen molar-refractivity contribution in [3.63, 3.8) is 0 Å². The molecule has 0 saturated heterocycles. The van der Waals surface area contributed by atoms with Crippen molar-refractivity contribution in [1.82, 2.24) is 19.6 Å². The predicted octanol–water partition coefficient (Wildman–Crippen LogP) is 3.02. The van der Waals surface area contributed by atoms with Crippen molar-refractivity contribution in [3.8, 4) is 5.75 Å². The fraction of sp³-hybridized carbons (Fsp3) is 0.263. The Kier molecular flexibility index (Phi) is 5.99. The van der Waals surface area contributed by atoms with Gasteiger partial charge in [-0.1, -0.05) is 6.07 Å². The van der Waals surface area contributed by atoms with E-state index in [-0.39, 0.29) is 29.6 Å². The summed E-state index contributed by atoms with van der Waals surface area (Å²) in [5, 5.41) is 10.6. The van der Waals surface area contributed by atoms with Gasteiger partial charge in [-0.3, -0.25) is 9.48 Å². The molecule has 31 heavy (non-hydrogen) atoms. The number of aryl methyl sites for hydroxylation is 1. The first-order valence-electron chi connectivity index (χ1n) is 8.87. The second kappa shape index (κ2) is 8.50. The number of aromatic nitrogens is 4. The number of ether oxygens (including phenoxy) is 2. The molecule has 0 aliphatic carbocycles. The van der Waals surface area contributed by atoms with Gasteiger partial charge in [0.2, 0.25) is 0 Å². The van der Waals surface area contributed by atoms with Crippen LogP contribution in [0.15, 0.2) is 36.5 Å². The quantitative estimate of drug-likeness (QED) is 0.595. The molecular weight excluding hydrogens is 419 g/mol. The van der Waals surface area contributed by atoms with Gasteiger partial charge in [-0.2, -0.15) is 23.4 Å². The van der Waals surface area contributed by atoms with Crippen molar-refractivity contribution in [2.45, 2.75) is 19.8 Å². The number of rotatable bonds is 6. The van der Waals surface area contributed by atoms with Crippen molar-refractivity contribution in [3.05, 3.63) is 59.2 Å². The molecule has 12 heteroatoms. The highest BCUT2D eigenvalue weighted by Crippen LogP contribution is 2.31. The molecule has 2 heterocycles. The van der Waals surface area contributed by atoms with Gasteiger partial charge in [0.25, 0.3) is 5.91 Å². The zero-order valence-corrected chi connectivity index (χ0v) is 16.7. The summed E-state index contributed by atoms with van der Waals surface area (Å²) in [6, 6.07) is 5.82. The van der Waals surface area contributed by atoms with E-state index in [1.165, 1.54) is 40.9 Å². The predicted molar refractivity (Wildman–Crippen MR) is 102 cm³/mol. The number of hydrogen-bond acceptors (Lipinski definition) is 6. The van der Waals surface area contributed by atoms with Crippen LogP contribution in [0.2, 0.25) is 0 Å². The lowest BCUT2D eigenvalue weighted by Crippen LogP contribution is -2.17. The Balaban J connectivity index is 1.69. The number of benzene rings is 1. The minimum absolute atomic E-state index is 0.00466. The van der Waals surface area contributed by atoms with E-state index in [1.807, 2.05) is 0 Å². The van der Waals surface area contributed by atoms with Gasteiger partial charge in [0.05, 0.1) is 24.1 Å². The van der Waals surface area contributed by atoms with Gasteiger partial charge in [-0.05, 0) is 31.2 Å². The van der Waals surface area contributed by atoms with Crippen molar-refractivity contribution in [2.75, 3.05) is 12.4 Å². The number of carbonyl (C=O) groups excluding carboxylic acids is 2. The van der Waals surface area contributed by atoms with Crippen LogP contribution in [-0.4, -0.2) is 38.5 Å².